The molecule has 0 rings (SSSR count). The van der Waals surface area contributed by atoms with Crippen molar-refractivity contribution in [2.75, 3.05) is 13.2 Å². The zero-order valence-corrected chi connectivity index (χ0v) is 8.55. The van der Waals surface area contributed by atoms with Crippen molar-refractivity contribution >= 4 is 0 Å². The summed E-state index contributed by atoms with van der Waals surface area (Å²) in [4.78, 5) is 5.12. The van der Waals surface area contributed by atoms with Gasteiger partial charge in [-0.25, -0.2) is 0 Å². The Morgan fingerprint density at radius 3 is 2.50 bits per heavy atom. The highest BCUT2D eigenvalue weighted by atomic mass is 16.6. The van der Waals surface area contributed by atoms with E-state index in [-0.39, 0.29) is 0 Å². The van der Waals surface area contributed by atoms with Crippen LogP contribution in [0.25, 0.3) is 0 Å². The zero-order valence-electron chi connectivity index (χ0n) is 8.55. The van der Waals surface area contributed by atoms with E-state index < -0.39 is 5.60 Å². The highest BCUT2D eigenvalue weighted by molar-refractivity contribution is 4.70. The van der Waals surface area contributed by atoms with Crippen LogP contribution in [0.15, 0.2) is 0 Å². The Labute approximate surface area is 75.1 Å². The van der Waals surface area contributed by atoms with Crippen LogP contribution in [0, 0.1) is 5.92 Å². The lowest BCUT2D eigenvalue weighted by molar-refractivity contribution is -0.0329. The van der Waals surface area contributed by atoms with E-state index in [9.17, 15) is 5.11 Å². The summed E-state index contributed by atoms with van der Waals surface area (Å²) in [7, 11) is 0. The quantitative estimate of drug-likeness (QED) is 0.472. The maximum atomic E-state index is 9.55. The minimum atomic E-state index is -0.656. The van der Waals surface area contributed by atoms with E-state index in [0.717, 1.165) is 6.42 Å². The van der Waals surface area contributed by atoms with Crippen molar-refractivity contribution < 1.29 is 9.94 Å². The summed E-state index contributed by atoms with van der Waals surface area (Å²) < 4.78 is 0. The third kappa shape index (κ3) is 6.58. The van der Waals surface area contributed by atoms with Gasteiger partial charge in [0, 0.05) is 6.54 Å². The van der Waals surface area contributed by atoms with Gasteiger partial charge in [0.15, 0.2) is 0 Å². The van der Waals surface area contributed by atoms with Crippen LogP contribution in [0.1, 0.15) is 34.1 Å². The molecule has 0 aliphatic rings. The Morgan fingerprint density at radius 2 is 2.08 bits per heavy atom. The average Bonchev–Trinajstić information content (AvgIpc) is 1.98. The molecule has 3 nitrogen and oxygen atoms in total. The molecule has 0 spiro atoms. The molecule has 0 radical (unpaired) electrons. The summed E-state index contributed by atoms with van der Waals surface area (Å²) in [6.07, 6.45) is 0.727. The third-order valence-corrected chi connectivity index (χ3v) is 1.73. The van der Waals surface area contributed by atoms with E-state index >= 15 is 0 Å². The lowest BCUT2D eigenvalue weighted by Crippen LogP contribution is -2.37. The largest absolute Gasteiger partial charge is 0.389 e. The molecule has 74 valence electrons. The molecule has 0 aromatic carbocycles. The minimum Gasteiger partial charge on any atom is -0.389 e. The molecule has 0 bridgehead atoms. The maximum Gasteiger partial charge on any atom is 0.0764 e. The zero-order chi connectivity index (χ0) is 9.61. The van der Waals surface area contributed by atoms with Crippen molar-refractivity contribution in [1.29, 1.82) is 0 Å². The Hall–Kier alpha value is -0.120. The molecule has 0 aromatic heterocycles. The summed E-state index contributed by atoms with van der Waals surface area (Å²) in [6.45, 7) is 9.07. The first-order valence-electron chi connectivity index (χ1n) is 4.55. The molecular formula is C9H21NO2. The van der Waals surface area contributed by atoms with Gasteiger partial charge < -0.3 is 9.94 Å². The predicted molar refractivity (Wildman–Crippen MR) is 49.7 cm³/mol. The number of rotatable bonds is 6. The molecule has 0 amide bonds. The van der Waals surface area contributed by atoms with E-state index in [1.807, 2.05) is 6.92 Å². The molecular weight excluding hydrogens is 154 g/mol. The summed E-state index contributed by atoms with van der Waals surface area (Å²) in [5, 5.41) is 9.55. The van der Waals surface area contributed by atoms with E-state index in [1.54, 1.807) is 6.92 Å². The molecule has 1 atom stereocenters. The van der Waals surface area contributed by atoms with E-state index in [4.69, 9.17) is 4.84 Å². The van der Waals surface area contributed by atoms with Crippen molar-refractivity contribution in [3.8, 4) is 0 Å². The minimum absolute atomic E-state index is 0.482. The molecule has 0 aliphatic heterocycles. The number of aliphatic hydroxyl groups is 1. The monoisotopic (exact) mass is 175 g/mol. The topological polar surface area (TPSA) is 41.5 Å². The van der Waals surface area contributed by atoms with Gasteiger partial charge in [-0.3, -0.25) is 0 Å². The summed E-state index contributed by atoms with van der Waals surface area (Å²) in [5.74, 6) is 0.518. The molecule has 3 heteroatoms. The van der Waals surface area contributed by atoms with Gasteiger partial charge in [0.2, 0.25) is 0 Å². The van der Waals surface area contributed by atoms with Gasteiger partial charge in [0.25, 0.3) is 0 Å². The Kier molecular flexibility index (Phi) is 5.46. The van der Waals surface area contributed by atoms with Crippen molar-refractivity contribution in [3.05, 3.63) is 0 Å². The van der Waals surface area contributed by atoms with Gasteiger partial charge in [0.05, 0.1) is 12.2 Å². The van der Waals surface area contributed by atoms with E-state index in [0.29, 0.717) is 19.1 Å². The van der Waals surface area contributed by atoms with E-state index in [2.05, 4.69) is 19.3 Å². The molecule has 0 fully saturated rings. The molecule has 0 aromatic rings. The third-order valence-electron chi connectivity index (χ3n) is 1.73. The fraction of sp³-hybridized carbons (Fsp3) is 1.00. The van der Waals surface area contributed by atoms with Crippen LogP contribution in [0.5, 0.6) is 0 Å². The first kappa shape index (κ1) is 11.9. The second-order valence-electron chi connectivity index (χ2n) is 3.88. The molecule has 2 N–H and O–H groups in total. The van der Waals surface area contributed by atoms with Crippen LogP contribution in [-0.2, 0) is 4.84 Å². The van der Waals surface area contributed by atoms with Crippen LogP contribution >= 0.6 is 0 Å². The highest BCUT2D eigenvalue weighted by Crippen LogP contribution is 2.05. The molecule has 1 unspecified atom stereocenters. The number of nitrogens with one attached hydrogen (secondary N) is 1. The van der Waals surface area contributed by atoms with Crippen molar-refractivity contribution in [3.63, 3.8) is 0 Å². The second-order valence-corrected chi connectivity index (χ2v) is 3.88. The van der Waals surface area contributed by atoms with Gasteiger partial charge in [-0.2, -0.15) is 5.48 Å². The van der Waals surface area contributed by atoms with E-state index in [1.165, 1.54) is 0 Å². The highest BCUT2D eigenvalue weighted by Gasteiger charge is 2.16. The fourth-order valence-electron chi connectivity index (χ4n) is 0.557. The lowest BCUT2D eigenvalue weighted by Gasteiger charge is -2.21. The van der Waals surface area contributed by atoms with Crippen LogP contribution in [0.4, 0.5) is 0 Å². The summed E-state index contributed by atoms with van der Waals surface area (Å²) in [6, 6.07) is 0. The normalized spacial score (nSPS) is 16.5. The second kappa shape index (κ2) is 5.51. The van der Waals surface area contributed by atoms with Crippen LogP contribution in [-0.4, -0.2) is 23.9 Å². The van der Waals surface area contributed by atoms with Crippen LogP contribution < -0.4 is 5.48 Å². The first-order valence-corrected chi connectivity index (χ1v) is 4.55. The number of hydroxylamine groups is 1. The summed E-state index contributed by atoms with van der Waals surface area (Å²) >= 11 is 0. The lowest BCUT2D eigenvalue weighted by atomic mass is 10.1. The van der Waals surface area contributed by atoms with Crippen LogP contribution in [0.2, 0.25) is 0 Å². The van der Waals surface area contributed by atoms with Crippen molar-refractivity contribution in [2.24, 2.45) is 5.92 Å². The van der Waals surface area contributed by atoms with Gasteiger partial charge in [-0.1, -0.05) is 20.8 Å². The average molecular weight is 175 g/mol. The first-order chi connectivity index (χ1) is 5.48. The Balaban J connectivity index is 3.31. The van der Waals surface area contributed by atoms with Crippen LogP contribution in [0.3, 0.4) is 0 Å². The standard InChI is InChI=1S/C9H21NO2/c1-5-9(4,11)7-10-12-6-8(2)3/h8,10-11H,5-7H2,1-4H3. The SMILES string of the molecule is CCC(C)(O)CNOCC(C)C. The number of hydrogen-bond acceptors (Lipinski definition) is 3. The van der Waals surface area contributed by atoms with Gasteiger partial charge >= 0.3 is 0 Å². The van der Waals surface area contributed by atoms with Gasteiger partial charge in [-0.15, -0.1) is 0 Å². The smallest absolute Gasteiger partial charge is 0.0764 e. The summed E-state index contributed by atoms with van der Waals surface area (Å²) in [5.41, 5.74) is 2.10. The molecule has 0 saturated carbocycles. The number of hydrogen-bond donors (Lipinski definition) is 2. The van der Waals surface area contributed by atoms with Gasteiger partial charge in [-0.05, 0) is 19.3 Å². The Morgan fingerprint density at radius 1 is 1.50 bits per heavy atom. The maximum absolute atomic E-state index is 9.55. The van der Waals surface area contributed by atoms with Crippen molar-refractivity contribution in [2.45, 2.75) is 39.7 Å². The predicted octanol–water partition coefficient (Wildman–Crippen LogP) is 1.32. The van der Waals surface area contributed by atoms with Gasteiger partial charge in [0.1, 0.15) is 0 Å². The molecule has 12 heavy (non-hydrogen) atoms. The molecule has 0 heterocycles. The molecule has 0 saturated heterocycles. The Bertz CT molecular complexity index is 113. The fourth-order valence-corrected chi connectivity index (χ4v) is 0.557. The van der Waals surface area contributed by atoms with Crippen molar-refractivity contribution in [1.82, 2.24) is 5.48 Å². The molecule has 0 aliphatic carbocycles.